The molecule has 1 aliphatic rings. The number of nitrogens with zero attached hydrogens (tertiary/aromatic N) is 1. The topological polar surface area (TPSA) is 108 Å². The van der Waals surface area contributed by atoms with Crippen LogP contribution in [0.4, 0.5) is 4.79 Å². The molecule has 1 aliphatic heterocycles. The molecule has 4 N–H and O–H groups in total. The van der Waals surface area contributed by atoms with Gasteiger partial charge in [-0.05, 0) is 45.6 Å². The van der Waals surface area contributed by atoms with Crippen molar-refractivity contribution in [3.63, 3.8) is 0 Å². The van der Waals surface area contributed by atoms with Gasteiger partial charge in [0, 0.05) is 42.6 Å². The summed E-state index contributed by atoms with van der Waals surface area (Å²) >= 11 is 10.8. The van der Waals surface area contributed by atoms with Crippen molar-refractivity contribution < 1.29 is 19.6 Å². The van der Waals surface area contributed by atoms with Crippen molar-refractivity contribution >= 4 is 40.6 Å². The van der Waals surface area contributed by atoms with Crippen LogP contribution in [-0.4, -0.2) is 56.7 Å². The van der Waals surface area contributed by atoms with Crippen molar-refractivity contribution in [2.45, 2.75) is 44.4 Å². The predicted octanol–water partition coefficient (Wildman–Crippen LogP) is 3.21. The van der Waals surface area contributed by atoms with E-state index in [1.807, 2.05) is 20.8 Å². The van der Waals surface area contributed by atoms with Gasteiger partial charge in [-0.25, -0.2) is 4.79 Å². The number of phenols is 1. The lowest BCUT2D eigenvalue weighted by atomic mass is 9.85. The monoisotopic (exact) mass is 465 g/mol. The van der Waals surface area contributed by atoms with Gasteiger partial charge in [-0.3, -0.25) is 0 Å². The molecule has 0 aliphatic carbocycles. The highest BCUT2D eigenvalue weighted by molar-refractivity contribution is 7.90. The van der Waals surface area contributed by atoms with Crippen LogP contribution in [0, 0.1) is 5.92 Å². The first kappa shape index (κ1) is 24.4. The third kappa shape index (κ3) is 6.54. The second-order valence-electron chi connectivity index (χ2n) is 8.08. The highest BCUT2D eigenvalue weighted by Gasteiger charge is 2.37. The van der Waals surface area contributed by atoms with Crippen LogP contribution < -0.4 is 10.0 Å². The van der Waals surface area contributed by atoms with E-state index in [0.717, 1.165) is 0 Å². The van der Waals surface area contributed by atoms with Gasteiger partial charge in [-0.2, -0.15) is 0 Å². The maximum Gasteiger partial charge on any atom is 0.317 e. The lowest BCUT2D eigenvalue weighted by molar-refractivity contribution is 0.158. The zero-order valence-corrected chi connectivity index (χ0v) is 19.2. The van der Waals surface area contributed by atoms with Crippen molar-refractivity contribution in [1.29, 1.82) is 0 Å². The molecule has 2 amide bonds. The Morgan fingerprint density at radius 3 is 2.45 bits per heavy atom. The summed E-state index contributed by atoms with van der Waals surface area (Å²) in [4.78, 5) is 13.8. The molecular formula is C19H29Cl2N3O4S. The molecule has 0 unspecified atom stereocenters. The first-order valence-corrected chi connectivity index (χ1v) is 11.4. The van der Waals surface area contributed by atoms with Crippen LogP contribution in [0.25, 0.3) is 0 Å². The second-order valence-corrected chi connectivity index (χ2v) is 10.9. The average Bonchev–Trinajstić information content (AvgIpc) is 2.66. The summed E-state index contributed by atoms with van der Waals surface area (Å²) in [6, 6.07) is 2.38. The molecule has 2 rings (SSSR count). The zero-order chi connectivity index (χ0) is 21.8. The molecular weight excluding hydrogens is 437 g/mol. The summed E-state index contributed by atoms with van der Waals surface area (Å²) in [5, 5.41) is 22.6. The summed E-state index contributed by atoms with van der Waals surface area (Å²) in [5.74, 6) is 0.0252. The van der Waals surface area contributed by atoms with Gasteiger partial charge in [0.25, 0.3) is 0 Å². The van der Waals surface area contributed by atoms with Gasteiger partial charge in [0.2, 0.25) is 0 Å². The number of carbonyl (C=O) groups excluding carboxylic acids is 1. The van der Waals surface area contributed by atoms with Crippen molar-refractivity contribution in [1.82, 2.24) is 14.9 Å². The molecule has 29 heavy (non-hydrogen) atoms. The van der Waals surface area contributed by atoms with E-state index in [-0.39, 0.29) is 35.9 Å². The number of amides is 2. The number of halogens is 2. The smallest absolute Gasteiger partial charge is 0.317 e. The van der Waals surface area contributed by atoms with Gasteiger partial charge in [-0.15, -0.1) is 4.72 Å². The van der Waals surface area contributed by atoms with Crippen LogP contribution in [0.3, 0.4) is 0 Å². The lowest BCUT2D eigenvalue weighted by Gasteiger charge is -2.37. The lowest BCUT2D eigenvalue weighted by Crippen LogP contribution is -2.48. The predicted molar refractivity (Wildman–Crippen MR) is 117 cm³/mol. The Morgan fingerprint density at radius 1 is 1.31 bits per heavy atom. The number of carbonyl (C=O) groups is 1. The van der Waals surface area contributed by atoms with Gasteiger partial charge in [-0.1, -0.05) is 23.2 Å². The van der Waals surface area contributed by atoms with E-state index in [4.69, 9.17) is 28.3 Å². The molecule has 0 aromatic heterocycles. The molecule has 0 spiro atoms. The van der Waals surface area contributed by atoms with E-state index in [2.05, 4.69) is 10.0 Å². The first-order valence-electron chi connectivity index (χ1n) is 9.54. The third-order valence-corrected chi connectivity index (χ3v) is 7.18. The molecule has 164 valence electrons. The standard InChI is InChI=1S/C19H29Cl2N3O4S/c1-19(2,3)29(28)23-17(13-10-14(20)15(21)11-16(13)26)12-4-7-24(8-5-12)18(27)22-6-9-25/h10-12,17,23,25-26H,4-9H2,1-3H3,(H,22,27)/t17-,29+/m1/s1. The van der Waals surface area contributed by atoms with E-state index in [9.17, 15) is 14.5 Å². The van der Waals surface area contributed by atoms with Crippen LogP contribution in [0.2, 0.25) is 10.0 Å². The maximum atomic E-state index is 12.8. The summed E-state index contributed by atoms with van der Waals surface area (Å²) in [6.07, 6.45) is 1.32. The molecule has 0 bridgehead atoms. The summed E-state index contributed by atoms with van der Waals surface area (Å²) in [5.41, 5.74) is 0.542. The van der Waals surface area contributed by atoms with Gasteiger partial charge >= 0.3 is 6.03 Å². The van der Waals surface area contributed by atoms with Gasteiger partial charge in [0.1, 0.15) is 10.5 Å². The normalized spacial score (nSPS) is 17.8. The number of aliphatic hydroxyl groups is 1. The molecule has 1 saturated heterocycles. The largest absolute Gasteiger partial charge is 0.598 e. The summed E-state index contributed by atoms with van der Waals surface area (Å²) in [6.45, 7) is 6.75. The Labute approximate surface area is 185 Å². The molecule has 1 aromatic carbocycles. The van der Waals surface area contributed by atoms with Gasteiger partial charge < -0.3 is 25.0 Å². The van der Waals surface area contributed by atoms with Crippen LogP contribution in [0.15, 0.2) is 12.1 Å². The van der Waals surface area contributed by atoms with Crippen molar-refractivity contribution in [3.05, 3.63) is 27.7 Å². The number of rotatable bonds is 6. The molecule has 7 nitrogen and oxygen atoms in total. The number of aliphatic hydroxyl groups excluding tert-OH is 1. The Balaban J connectivity index is 2.21. The number of hydrogen-bond donors (Lipinski definition) is 4. The number of nitrogens with one attached hydrogen (secondary N) is 2. The molecule has 1 aromatic rings. The minimum Gasteiger partial charge on any atom is -0.598 e. The van der Waals surface area contributed by atoms with E-state index in [1.54, 1.807) is 11.0 Å². The number of aromatic hydroxyl groups is 1. The highest BCUT2D eigenvalue weighted by Crippen LogP contribution is 2.40. The zero-order valence-electron chi connectivity index (χ0n) is 16.9. The van der Waals surface area contributed by atoms with E-state index in [0.29, 0.717) is 36.5 Å². The van der Waals surface area contributed by atoms with E-state index < -0.39 is 22.2 Å². The minimum atomic E-state index is -1.37. The molecule has 1 fully saturated rings. The maximum absolute atomic E-state index is 12.8. The Morgan fingerprint density at radius 2 is 1.90 bits per heavy atom. The fourth-order valence-electron chi connectivity index (χ4n) is 3.22. The summed E-state index contributed by atoms with van der Waals surface area (Å²) < 4.78 is 15.5. The molecule has 0 radical (unpaired) electrons. The molecule has 0 saturated carbocycles. The summed E-state index contributed by atoms with van der Waals surface area (Å²) in [7, 11) is 0. The highest BCUT2D eigenvalue weighted by atomic mass is 35.5. The van der Waals surface area contributed by atoms with Crippen molar-refractivity contribution in [2.75, 3.05) is 26.2 Å². The van der Waals surface area contributed by atoms with Crippen LogP contribution in [0.5, 0.6) is 5.75 Å². The Bertz CT molecular complexity index is 709. The SMILES string of the molecule is CC(C)(C)[S@+]([O-])N[C@@H](c1cc(Cl)c(Cl)cc1O)C1CCN(C(=O)NCCO)CC1. The fraction of sp³-hybridized carbons (Fsp3) is 0.632. The number of likely N-dealkylation sites (tertiary alicyclic amines) is 1. The number of piperidine rings is 1. The van der Waals surface area contributed by atoms with Crippen LogP contribution in [0.1, 0.15) is 45.2 Å². The minimum absolute atomic E-state index is 0.00840. The number of phenolic OH excluding ortho intramolecular Hbond substituents is 1. The molecule has 2 atom stereocenters. The average molecular weight is 466 g/mol. The third-order valence-electron chi connectivity index (χ3n) is 4.88. The molecule has 10 heteroatoms. The van der Waals surface area contributed by atoms with Crippen LogP contribution in [-0.2, 0) is 11.4 Å². The van der Waals surface area contributed by atoms with Crippen molar-refractivity contribution in [3.8, 4) is 5.75 Å². The Kier molecular flexibility index (Phi) is 8.75. The number of benzene rings is 1. The number of urea groups is 1. The Hall–Kier alpha value is -0.900. The van der Waals surface area contributed by atoms with Crippen LogP contribution >= 0.6 is 23.2 Å². The van der Waals surface area contributed by atoms with Crippen molar-refractivity contribution in [2.24, 2.45) is 5.92 Å². The van der Waals surface area contributed by atoms with Gasteiger partial charge in [0.15, 0.2) is 0 Å². The second kappa shape index (κ2) is 10.4. The first-order chi connectivity index (χ1) is 13.5. The molecule has 1 heterocycles. The number of hydrogen-bond acceptors (Lipinski definition) is 5. The van der Waals surface area contributed by atoms with E-state index in [1.165, 1.54) is 6.07 Å². The fourth-order valence-corrected chi connectivity index (χ4v) is 4.45. The van der Waals surface area contributed by atoms with E-state index >= 15 is 0 Å². The quantitative estimate of drug-likeness (QED) is 0.482. The van der Waals surface area contributed by atoms with Gasteiger partial charge in [0.05, 0.1) is 22.7 Å².